The zero-order valence-corrected chi connectivity index (χ0v) is 8.29. The molecule has 14 heavy (non-hydrogen) atoms. The number of aryl methyl sites for hydroxylation is 1. The Balaban J connectivity index is 2.84. The molecule has 0 saturated heterocycles. The second-order valence-corrected chi connectivity index (χ2v) is 2.97. The van der Waals surface area contributed by atoms with Gasteiger partial charge >= 0.3 is 5.97 Å². The maximum Gasteiger partial charge on any atom is 0.345 e. The summed E-state index contributed by atoms with van der Waals surface area (Å²) in [5.74, 6) is -0.818. The standard InChI is InChI=1S/C11H13FO2/c1-3-14-11(13)10(12)9-7-5-4-6-8(9)2/h4-7,10H,3H2,1-2H3. The predicted octanol–water partition coefficient (Wildman–Crippen LogP) is 2.57. The van der Waals surface area contributed by atoms with Crippen LogP contribution in [0.5, 0.6) is 0 Å². The van der Waals surface area contributed by atoms with E-state index in [-0.39, 0.29) is 6.61 Å². The van der Waals surface area contributed by atoms with E-state index in [9.17, 15) is 9.18 Å². The number of carbonyl (C=O) groups is 1. The first-order chi connectivity index (χ1) is 6.66. The van der Waals surface area contributed by atoms with Gasteiger partial charge in [-0.15, -0.1) is 0 Å². The molecule has 1 aromatic rings. The molecule has 2 nitrogen and oxygen atoms in total. The van der Waals surface area contributed by atoms with Crippen molar-refractivity contribution < 1.29 is 13.9 Å². The van der Waals surface area contributed by atoms with Crippen molar-refractivity contribution in [3.05, 3.63) is 35.4 Å². The van der Waals surface area contributed by atoms with Crippen molar-refractivity contribution in [2.75, 3.05) is 6.61 Å². The van der Waals surface area contributed by atoms with E-state index in [1.54, 1.807) is 38.1 Å². The van der Waals surface area contributed by atoms with Gasteiger partial charge in [0, 0.05) is 5.56 Å². The number of rotatable bonds is 3. The molecule has 0 saturated carbocycles. The van der Waals surface area contributed by atoms with Crippen LogP contribution < -0.4 is 0 Å². The van der Waals surface area contributed by atoms with Crippen molar-refractivity contribution in [3.63, 3.8) is 0 Å². The van der Waals surface area contributed by atoms with Crippen molar-refractivity contribution in [1.82, 2.24) is 0 Å². The van der Waals surface area contributed by atoms with Crippen molar-refractivity contribution in [3.8, 4) is 0 Å². The number of alkyl halides is 1. The van der Waals surface area contributed by atoms with Crippen LogP contribution in [0.15, 0.2) is 24.3 Å². The van der Waals surface area contributed by atoms with Crippen molar-refractivity contribution in [2.45, 2.75) is 20.0 Å². The third-order valence-corrected chi connectivity index (χ3v) is 1.96. The molecule has 76 valence electrons. The summed E-state index contributed by atoms with van der Waals surface area (Å²) in [7, 11) is 0. The average Bonchev–Trinajstić information content (AvgIpc) is 2.18. The van der Waals surface area contributed by atoms with Gasteiger partial charge in [-0.2, -0.15) is 0 Å². The Labute approximate surface area is 82.7 Å². The Morgan fingerprint density at radius 3 is 2.71 bits per heavy atom. The smallest absolute Gasteiger partial charge is 0.345 e. The highest BCUT2D eigenvalue weighted by Crippen LogP contribution is 2.22. The number of ether oxygens (including phenoxy) is 1. The normalized spacial score (nSPS) is 12.2. The van der Waals surface area contributed by atoms with Gasteiger partial charge in [0.2, 0.25) is 6.17 Å². The lowest BCUT2D eigenvalue weighted by Crippen LogP contribution is -2.12. The summed E-state index contributed by atoms with van der Waals surface area (Å²) >= 11 is 0. The Kier molecular flexibility index (Phi) is 3.63. The highest BCUT2D eigenvalue weighted by atomic mass is 19.1. The molecule has 0 radical (unpaired) electrons. The van der Waals surface area contributed by atoms with Gasteiger partial charge in [0.1, 0.15) is 0 Å². The monoisotopic (exact) mass is 196 g/mol. The van der Waals surface area contributed by atoms with Crippen molar-refractivity contribution in [2.24, 2.45) is 0 Å². The minimum atomic E-state index is -1.67. The number of hydrogen-bond donors (Lipinski definition) is 0. The van der Waals surface area contributed by atoms with Crippen LogP contribution in [0.3, 0.4) is 0 Å². The molecule has 0 aromatic heterocycles. The van der Waals surface area contributed by atoms with Gasteiger partial charge in [-0.3, -0.25) is 0 Å². The fourth-order valence-electron chi connectivity index (χ4n) is 1.21. The van der Waals surface area contributed by atoms with Crippen LogP contribution in [0.2, 0.25) is 0 Å². The van der Waals surface area contributed by atoms with Crippen LogP contribution in [0.4, 0.5) is 4.39 Å². The first-order valence-corrected chi connectivity index (χ1v) is 4.53. The van der Waals surface area contributed by atoms with Gasteiger partial charge in [-0.1, -0.05) is 24.3 Å². The van der Waals surface area contributed by atoms with Crippen LogP contribution in [-0.2, 0) is 9.53 Å². The van der Waals surface area contributed by atoms with E-state index in [0.29, 0.717) is 5.56 Å². The van der Waals surface area contributed by atoms with E-state index in [0.717, 1.165) is 5.56 Å². The lowest BCUT2D eigenvalue weighted by Gasteiger charge is -2.09. The summed E-state index contributed by atoms with van der Waals surface area (Å²) in [5, 5.41) is 0. The number of esters is 1. The fourth-order valence-corrected chi connectivity index (χ4v) is 1.21. The van der Waals surface area contributed by atoms with Crippen LogP contribution in [0, 0.1) is 6.92 Å². The van der Waals surface area contributed by atoms with E-state index in [1.807, 2.05) is 0 Å². The van der Waals surface area contributed by atoms with E-state index >= 15 is 0 Å². The summed E-state index contributed by atoms with van der Waals surface area (Å²) in [6, 6.07) is 6.86. The third-order valence-electron chi connectivity index (χ3n) is 1.96. The number of carbonyl (C=O) groups excluding carboxylic acids is 1. The van der Waals surface area contributed by atoms with Crippen molar-refractivity contribution in [1.29, 1.82) is 0 Å². The molecule has 0 N–H and O–H groups in total. The molecule has 1 rings (SSSR count). The Bertz CT molecular complexity index is 323. The predicted molar refractivity (Wildman–Crippen MR) is 51.7 cm³/mol. The third kappa shape index (κ3) is 2.31. The molecule has 0 heterocycles. The SMILES string of the molecule is CCOC(=O)C(F)c1ccccc1C. The van der Waals surface area contributed by atoms with Gasteiger partial charge in [-0.05, 0) is 19.4 Å². The molecule has 0 bridgehead atoms. The molecule has 1 unspecified atom stereocenters. The van der Waals surface area contributed by atoms with Gasteiger partial charge < -0.3 is 4.74 Å². The Morgan fingerprint density at radius 2 is 2.14 bits per heavy atom. The molecule has 0 fully saturated rings. The summed E-state index contributed by atoms with van der Waals surface area (Å²) < 4.78 is 18.1. The molecule has 0 spiro atoms. The minimum absolute atomic E-state index is 0.200. The molecule has 0 amide bonds. The Hall–Kier alpha value is -1.38. The number of halogens is 1. The first-order valence-electron chi connectivity index (χ1n) is 4.53. The molecule has 1 atom stereocenters. The highest BCUT2D eigenvalue weighted by Gasteiger charge is 2.21. The van der Waals surface area contributed by atoms with Crippen LogP contribution in [0.25, 0.3) is 0 Å². The summed E-state index contributed by atoms with van der Waals surface area (Å²) in [4.78, 5) is 11.1. The highest BCUT2D eigenvalue weighted by molar-refractivity contribution is 5.76. The van der Waals surface area contributed by atoms with E-state index in [4.69, 9.17) is 0 Å². The fraction of sp³-hybridized carbons (Fsp3) is 0.364. The summed E-state index contributed by atoms with van der Waals surface area (Å²) in [6.07, 6.45) is -1.67. The zero-order chi connectivity index (χ0) is 10.6. The first kappa shape index (κ1) is 10.7. The zero-order valence-electron chi connectivity index (χ0n) is 8.29. The van der Waals surface area contributed by atoms with Crippen molar-refractivity contribution >= 4 is 5.97 Å². The largest absolute Gasteiger partial charge is 0.464 e. The van der Waals surface area contributed by atoms with E-state index in [1.165, 1.54) is 0 Å². The minimum Gasteiger partial charge on any atom is -0.464 e. The maximum atomic E-state index is 13.5. The van der Waals surface area contributed by atoms with Crippen LogP contribution in [-0.4, -0.2) is 12.6 Å². The lowest BCUT2D eigenvalue weighted by atomic mass is 10.0. The molecule has 1 aromatic carbocycles. The molecule has 0 aliphatic heterocycles. The lowest BCUT2D eigenvalue weighted by molar-refractivity contribution is -0.149. The molecule has 3 heteroatoms. The van der Waals surface area contributed by atoms with Crippen LogP contribution >= 0.6 is 0 Å². The summed E-state index contributed by atoms with van der Waals surface area (Å²) in [5.41, 5.74) is 1.14. The second-order valence-electron chi connectivity index (χ2n) is 2.97. The number of benzene rings is 1. The van der Waals surface area contributed by atoms with E-state index in [2.05, 4.69) is 4.74 Å². The topological polar surface area (TPSA) is 26.3 Å². The average molecular weight is 196 g/mol. The molecule has 0 aliphatic carbocycles. The molecule has 0 aliphatic rings. The number of hydrogen-bond acceptors (Lipinski definition) is 2. The van der Waals surface area contributed by atoms with E-state index < -0.39 is 12.1 Å². The van der Waals surface area contributed by atoms with Crippen LogP contribution in [0.1, 0.15) is 24.2 Å². The maximum absolute atomic E-state index is 13.5. The second kappa shape index (κ2) is 4.74. The van der Waals surface area contributed by atoms with Gasteiger partial charge in [0.05, 0.1) is 6.61 Å². The summed E-state index contributed by atoms with van der Waals surface area (Å²) in [6.45, 7) is 3.62. The quantitative estimate of drug-likeness (QED) is 0.694. The molecular formula is C11H13FO2. The molecular weight excluding hydrogens is 183 g/mol. The van der Waals surface area contributed by atoms with Gasteiger partial charge in [0.15, 0.2) is 0 Å². The Morgan fingerprint density at radius 1 is 1.50 bits per heavy atom. The van der Waals surface area contributed by atoms with Gasteiger partial charge in [0.25, 0.3) is 0 Å². The van der Waals surface area contributed by atoms with Gasteiger partial charge in [-0.25, -0.2) is 9.18 Å².